The largest absolute Gasteiger partial charge is 0.147 e. The Balaban J connectivity index is 0.00000210. The van der Waals surface area contributed by atoms with E-state index in [9.17, 15) is 31.5 Å². The molecule has 0 radical (unpaired) electrons. The first kappa shape index (κ1) is 25.1. The molecule has 0 N–H and O–H groups in total. The van der Waals surface area contributed by atoms with Crippen molar-refractivity contribution in [3.05, 3.63) is 58.4 Å². The molecule has 3 rings (SSSR count). The minimum Gasteiger partial charge on any atom is -0.147 e. The molecule has 1 atom stereocenters. The maximum atomic E-state index is 14.0. The van der Waals surface area contributed by atoms with Crippen LogP contribution < -0.4 is 9.64 Å². The van der Waals surface area contributed by atoms with Crippen molar-refractivity contribution in [1.82, 2.24) is 0 Å². The molecule has 0 saturated carbocycles. The van der Waals surface area contributed by atoms with Gasteiger partial charge in [-0.05, 0) is 0 Å². The Bertz CT molecular complexity index is 992. The molecule has 2 amide bonds. The fourth-order valence-electron chi connectivity index (χ4n) is 2.57. The van der Waals surface area contributed by atoms with Crippen molar-refractivity contribution in [1.29, 1.82) is 0 Å². The van der Waals surface area contributed by atoms with Gasteiger partial charge < -0.3 is 0 Å². The molecule has 2 aromatic rings. The Morgan fingerprint density at radius 1 is 1.03 bits per heavy atom. The summed E-state index contributed by atoms with van der Waals surface area (Å²) >= 11 is 2.18. The maximum Gasteiger partial charge on any atom is -0.147 e. The van der Waals surface area contributed by atoms with Gasteiger partial charge in [-0.2, -0.15) is 0 Å². The van der Waals surface area contributed by atoms with Gasteiger partial charge in [-0.25, -0.2) is 0 Å². The van der Waals surface area contributed by atoms with E-state index in [0.29, 0.717) is 10.5 Å². The Labute approximate surface area is 183 Å². The molecule has 29 heavy (non-hydrogen) atoms. The first-order valence-electron chi connectivity index (χ1n) is 7.32. The third-order valence-electron chi connectivity index (χ3n) is 3.87. The molecule has 0 bridgehead atoms. The number of carbonyl (C=O) groups excluding carboxylic acids is 2. The minimum atomic E-state index is -2.40. The van der Waals surface area contributed by atoms with Gasteiger partial charge in [-0.1, -0.05) is 0 Å². The molecule has 1 unspecified atom stereocenters. The van der Waals surface area contributed by atoms with Crippen LogP contribution in [-0.2, 0) is 22.6 Å². The molecule has 2 aromatic carbocycles. The fraction of sp³-hybridized carbons (Fsp3) is 0.118. The number of benzene rings is 2. The van der Waals surface area contributed by atoms with Crippen LogP contribution in [0.4, 0.5) is 27.6 Å². The molecule has 1 heterocycles. The zero-order valence-electron chi connectivity index (χ0n) is 14.1. The molecule has 0 fully saturated rings. The van der Waals surface area contributed by atoms with E-state index in [2.05, 4.69) is 17.9 Å². The van der Waals surface area contributed by atoms with Crippen molar-refractivity contribution < 1.29 is 54.1 Å². The molecule has 4 nitrogen and oxygen atoms in total. The van der Waals surface area contributed by atoms with Crippen LogP contribution in [0.1, 0.15) is 22.8 Å². The van der Waals surface area contributed by atoms with Crippen LogP contribution >= 0.6 is 24.8 Å². The number of fused-ring (bicyclic) bond motifs is 1. The molecule has 0 aromatic heterocycles. The van der Waals surface area contributed by atoms with E-state index >= 15 is 0 Å². The van der Waals surface area contributed by atoms with Crippen LogP contribution in [0.5, 0.6) is 5.75 Å². The van der Waals surface area contributed by atoms with Crippen LogP contribution in [0.15, 0.2) is 18.2 Å². The van der Waals surface area contributed by atoms with E-state index in [1.165, 1.54) is 23.7 Å². The van der Waals surface area contributed by atoms with Gasteiger partial charge in [0.15, 0.2) is 0 Å². The van der Waals surface area contributed by atoms with Crippen LogP contribution in [0.3, 0.4) is 0 Å². The summed E-state index contributed by atoms with van der Waals surface area (Å²) in [6, 6.07) is 4.27. The number of hydrogen-bond donors (Lipinski definition) is 0. The number of para-hydroxylation sites is 1. The predicted molar refractivity (Wildman–Crippen MR) is 94.2 cm³/mol. The Morgan fingerprint density at radius 3 is 2.07 bits per heavy atom. The first-order valence-corrected chi connectivity index (χ1v) is 8.32. The van der Waals surface area contributed by atoms with Crippen LogP contribution in [0, 0.1) is 29.1 Å². The number of ether oxygens (including phenoxy) is 1. The van der Waals surface area contributed by atoms with Crippen LogP contribution in [0.25, 0.3) is 0 Å². The van der Waals surface area contributed by atoms with E-state index in [-0.39, 0.29) is 36.3 Å². The van der Waals surface area contributed by atoms with Gasteiger partial charge in [-0.15, -0.1) is 24.8 Å². The van der Waals surface area contributed by atoms with Crippen molar-refractivity contribution >= 4 is 46.9 Å². The summed E-state index contributed by atoms with van der Waals surface area (Å²) in [6.45, 7) is 1.28. The number of nitrogens with zero attached hydrogens (tertiary/aromatic N) is 1. The smallest absolute Gasteiger partial charge is 0.147 e. The minimum absolute atomic E-state index is 0. The zero-order chi connectivity index (χ0) is 20.0. The number of halogens is 7. The van der Waals surface area contributed by atoms with E-state index in [1.807, 2.05) is 0 Å². The number of amides is 2. The van der Waals surface area contributed by atoms with E-state index in [1.54, 1.807) is 6.07 Å². The van der Waals surface area contributed by atoms with Crippen molar-refractivity contribution in [2.75, 3.05) is 4.90 Å². The summed E-state index contributed by atoms with van der Waals surface area (Å²) in [5, 5.41) is 0. The number of rotatable bonds is 2. The van der Waals surface area contributed by atoms with Gasteiger partial charge in [0, 0.05) is 0 Å². The van der Waals surface area contributed by atoms with Crippen LogP contribution in [-0.4, -0.2) is 22.5 Å². The second-order valence-corrected chi connectivity index (χ2v) is 5.98. The predicted octanol–water partition coefficient (Wildman–Crippen LogP) is 3.88. The fourth-order valence-corrected chi connectivity index (χ4v) is 2.96. The number of carbonyl (C=O) groups is 2. The zero-order valence-corrected chi connectivity index (χ0v) is 17.5. The van der Waals surface area contributed by atoms with Gasteiger partial charge in [0.2, 0.25) is 0 Å². The van der Waals surface area contributed by atoms with Crippen molar-refractivity contribution in [3.63, 3.8) is 0 Å². The molecule has 12 heteroatoms. The molecule has 1 aliphatic rings. The second-order valence-electron chi connectivity index (χ2n) is 5.48. The van der Waals surface area contributed by atoms with Gasteiger partial charge in [0.05, 0.1) is 0 Å². The van der Waals surface area contributed by atoms with E-state index < -0.39 is 52.6 Å². The van der Waals surface area contributed by atoms with Crippen LogP contribution in [0.2, 0.25) is 0 Å². The average Bonchev–Trinajstić information content (AvgIpc) is 2.65. The van der Waals surface area contributed by atoms with Gasteiger partial charge in [0.1, 0.15) is 0 Å². The first-order chi connectivity index (χ1) is 12.7. The third kappa shape index (κ3) is 3.93. The average molecular weight is 543 g/mol. The standard InChI is InChI=1S/C17H8F5NO3.2ClH.Ru/c1-6-4-3-5-8-15(6)26-7(2)16(24)23(8)17(25)9-10(18)12(20)14(22)13(21)11(9)19;;;/h1,3-5,7H,2H3;2*1H;. The Hall–Kier alpha value is -1.90. The van der Waals surface area contributed by atoms with Gasteiger partial charge >= 0.3 is 158 Å². The molecule has 0 spiro atoms. The summed E-state index contributed by atoms with van der Waals surface area (Å²) in [5.41, 5.74) is -1.45. The maximum absolute atomic E-state index is 14.0. The van der Waals surface area contributed by atoms with Crippen molar-refractivity contribution in [2.45, 2.75) is 13.0 Å². The molecule has 0 saturated heterocycles. The van der Waals surface area contributed by atoms with E-state index in [4.69, 9.17) is 4.74 Å². The Morgan fingerprint density at radius 2 is 1.55 bits per heavy atom. The molecular formula is C17H10Cl2F5NO3Ru. The van der Waals surface area contributed by atoms with Crippen molar-refractivity contribution in [2.24, 2.45) is 0 Å². The summed E-state index contributed by atoms with van der Waals surface area (Å²) in [5.74, 6) is -14.2. The summed E-state index contributed by atoms with van der Waals surface area (Å²) in [7, 11) is 0. The molecule has 0 aliphatic carbocycles. The SMILES string of the molecule is CC1Oc2c([CH]=[Ru])cccc2N(C(=O)c2c(F)c(F)c(F)c(F)c2F)C1=O.Cl.Cl. The molecular weight excluding hydrogens is 533 g/mol. The topological polar surface area (TPSA) is 46.6 Å². The normalized spacial score (nSPS) is 14.9. The third-order valence-corrected chi connectivity index (χ3v) is 4.41. The van der Waals surface area contributed by atoms with E-state index in [0.717, 1.165) is 0 Å². The number of hydrogen-bond acceptors (Lipinski definition) is 3. The van der Waals surface area contributed by atoms with Crippen molar-refractivity contribution in [3.8, 4) is 5.75 Å². The quantitative estimate of drug-likeness (QED) is 0.190. The second kappa shape index (κ2) is 9.28. The molecule has 1 aliphatic heterocycles. The summed E-state index contributed by atoms with van der Waals surface area (Å²) < 4.78 is 75.2. The van der Waals surface area contributed by atoms with Gasteiger partial charge in [0.25, 0.3) is 0 Å². The monoisotopic (exact) mass is 543 g/mol. The number of imide groups is 1. The summed E-state index contributed by atoms with van der Waals surface area (Å²) in [4.78, 5) is 25.4. The Kier molecular flexibility index (Phi) is 8.04. The molecule has 158 valence electrons. The summed E-state index contributed by atoms with van der Waals surface area (Å²) in [6.07, 6.45) is -1.23. The number of anilines is 1. The van der Waals surface area contributed by atoms with Gasteiger partial charge in [-0.3, -0.25) is 0 Å².